The molecule has 1 aromatic rings. The van der Waals surface area contributed by atoms with Gasteiger partial charge in [-0.1, -0.05) is 12.1 Å². The molecule has 0 amide bonds. The lowest BCUT2D eigenvalue weighted by Crippen LogP contribution is -2.44. The molecule has 0 spiro atoms. The number of nitrogens with one attached hydrogen (secondary N) is 1. The second kappa shape index (κ2) is 6.32. The Labute approximate surface area is 111 Å². The maximum atomic E-state index is 9.55. The molecular weight excluding hydrogens is 250 g/mol. The van der Waals surface area contributed by atoms with Crippen LogP contribution in [0, 0.1) is 0 Å². The zero-order valence-electron chi connectivity index (χ0n) is 9.87. The minimum absolute atomic E-state index is 0.195. The number of morpholine rings is 1. The predicted octanol–water partition coefficient (Wildman–Crippen LogP) is 0.933. The van der Waals surface area contributed by atoms with Crippen molar-refractivity contribution in [2.45, 2.75) is 0 Å². The number of rotatable bonds is 2. The second-order valence-electron chi connectivity index (χ2n) is 3.83. The normalized spacial score (nSPS) is 15.9. The molecule has 0 saturated carbocycles. The largest absolute Gasteiger partial charge is 0.507 e. The van der Waals surface area contributed by atoms with Gasteiger partial charge >= 0.3 is 0 Å². The van der Waals surface area contributed by atoms with Gasteiger partial charge in [0.25, 0.3) is 0 Å². The van der Waals surface area contributed by atoms with Gasteiger partial charge in [-0.15, -0.1) is 0 Å². The Hall–Kier alpha value is -1.66. The third-order valence-electron chi connectivity index (χ3n) is 2.60. The zero-order chi connectivity index (χ0) is 12.8. The fourth-order valence-corrected chi connectivity index (χ4v) is 1.83. The average Bonchev–Trinajstić information content (AvgIpc) is 2.42. The maximum Gasteiger partial charge on any atom is 0.189 e. The smallest absolute Gasteiger partial charge is 0.189 e. The molecule has 18 heavy (non-hydrogen) atoms. The molecule has 1 heterocycles. The van der Waals surface area contributed by atoms with E-state index in [1.165, 1.54) is 0 Å². The monoisotopic (exact) mass is 265 g/mol. The van der Waals surface area contributed by atoms with Gasteiger partial charge in [0.05, 0.1) is 19.4 Å². The standard InChI is InChI=1S/C12H15N3O2S/c16-11-4-2-1-3-10(11)9-13-14-12(18)15-5-7-17-8-6-15/h1-4,9,16H,5-8H2,(H,14,18)/b13-9+. The maximum absolute atomic E-state index is 9.55. The van der Waals surface area contributed by atoms with Crippen molar-refractivity contribution in [3.05, 3.63) is 29.8 Å². The van der Waals surface area contributed by atoms with Crippen LogP contribution in [0.5, 0.6) is 5.75 Å². The summed E-state index contributed by atoms with van der Waals surface area (Å²) in [6, 6.07) is 6.99. The van der Waals surface area contributed by atoms with Crippen LogP contribution in [0.4, 0.5) is 0 Å². The number of nitrogens with zero attached hydrogens (tertiary/aromatic N) is 2. The van der Waals surface area contributed by atoms with Crippen molar-refractivity contribution in [3.8, 4) is 5.75 Å². The number of aromatic hydroxyl groups is 1. The summed E-state index contributed by atoms with van der Waals surface area (Å²) in [4.78, 5) is 2.00. The van der Waals surface area contributed by atoms with E-state index in [4.69, 9.17) is 17.0 Å². The molecular formula is C12H15N3O2S. The van der Waals surface area contributed by atoms with Gasteiger partial charge < -0.3 is 14.7 Å². The highest BCUT2D eigenvalue weighted by Gasteiger charge is 2.12. The number of benzene rings is 1. The van der Waals surface area contributed by atoms with Crippen molar-refractivity contribution in [2.24, 2.45) is 5.10 Å². The van der Waals surface area contributed by atoms with Gasteiger partial charge in [0, 0.05) is 18.7 Å². The fourth-order valence-electron chi connectivity index (χ4n) is 1.59. The first-order valence-corrected chi connectivity index (χ1v) is 6.12. The van der Waals surface area contributed by atoms with Crippen molar-refractivity contribution in [2.75, 3.05) is 26.3 Å². The van der Waals surface area contributed by atoms with E-state index in [0.717, 1.165) is 13.1 Å². The summed E-state index contributed by atoms with van der Waals surface area (Å²) in [5, 5.41) is 14.1. The van der Waals surface area contributed by atoms with Crippen molar-refractivity contribution in [1.29, 1.82) is 0 Å². The second-order valence-corrected chi connectivity index (χ2v) is 4.22. The Morgan fingerprint density at radius 2 is 2.11 bits per heavy atom. The van der Waals surface area contributed by atoms with Gasteiger partial charge in [-0.25, -0.2) is 0 Å². The summed E-state index contributed by atoms with van der Waals surface area (Å²) in [6.45, 7) is 2.92. The van der Waals surface area contributed by atoms with Crippen LogP contribution >= 0.6 is 12.2 Å². The fraction of sp³-hybridized carbons (Fsp3) is 0.333. The third-order valence-corrected chi connectivity index (χ3v) is 2.95. The van der Waals surface area contributed by atoms with E-state index in [2.05, 4.69) is 10.5 Å². The van der Waals surface area contributed by atoms with E-state index in [1.807, 2.05) is 11.0 Å². The molecule has 1 saturated heterocycles. The van der Waals surface area contributed by atoms with Crippen LogP contribution in [0.25, 0.3) is 0 Å². The SMILES string of the molecule is Oc1ccccc1/C=N/NC(=S)N1CCOCC1. The van der Waals surface area contributed by atoms with Gasteiger partial charge in [0.1, 0.15) is 5.75 Å². The van der Waals surface area contributed by atoms with Crippen LogP contribution < -0.4 is 5.43 Å². The van der Waals surface area contributed by atoms with E-state index in [1.54, 1.807) is 24.4 Å². The van der Waals surface area contributed by atoms with E-state index in [0.29, 0.717) is 23.9 Å². The van der Waals surface area contributed by atoms with Gasteiger partial charge in [-0.2, -0.15) is 5.10 Å². The summed E-state index contributed by atoms with van der Waals surface area (Å²) in [5.74, 6) is 0.195. The van der Waals surface area contributed by atoms with E-state index < -0.39 is 0 Å². The van der Waals surface area contributed by atoms with Crippen molar-refractivity contribution in [1.82, 2.24) is 10.3 Å². The molecule has 1 aliphatic rings. The molecule has 2 rings (SSSR count). The predicted molar refractivity (Wildman–Crippen MR) is 73.8 cm³/mol. The molecule has 0 bridgehead atoms. The first kappa shape index (κ1) is 12.8. The topological polar surface area (TPSA) is 57.1 Å². The third kappa shape index (κ3) is 3.41. The van der Waals surface area contributed by atoms with Crippen molar-refractivity contribution >= 4 is 23.5 Å². The Balaban J connectivity index is 1.87. The van der Waals surface area contributed by atoms with Crippen molar-refractivity contribution in [3.63, 3.8) is 0 Å². The first-order valence-electron chi connectivity index (χ1n) is 5.71. The molecule has 5 nitrogen and oxygen atoms in total. The summed E-state index contributed by atoms with van der Waals surface area (Å²) in [5.41, 5.74) is 3.44. The highest BCUT2D eigenvalue weighted by Crippen LogP contribution is 2.12. The molecule has 6 heteroatoms. The minimum Gasteiger partial charge on any atom is -0.507 e. The summed E-state index contributed by atoms with van der Waals surface area (Å²) in [6.07, 6.45) is 1.54. The highest BCUT2D eigenvalue weighted by molar-refractivity contribution is 7.80. The minimum atomic E-state index is 0.195. The molecule has 0 unspecified atom stereocenters. The number of ether oxygens (including phenoxy) is 1. The molecule has 0 radical (unpaired) electrons. The quantitative estimate of drug-likeness (QED) is 0.473. The van der Waals surface area contributed by atoms with Gasteiger partial charge in [-0.05, 0) is 24.4 Å². The molecule has 1 fully saturated rings. The molecule has 2 N–H and O–H groups in total. The lowest BCUT2D eigenvalue weighted by molar-refractivity contribution is 0.0677. The van der Waals surface area contributed by atoms with Crippen LogP contribution in [0.2, 0.25) is 0 Å². The molecule has 0 atom stereocenters. The zero-order valence-corrected chi connectivity index (χ0v) is 10.7. The lowest BCUT2D eigenvalue weighted by Gasteiger charge is -2.28. The Bertz CT molecular complexity index is 445. The molecule has 96 valence electrons. The number of hydrogen-bond acceptors (Lipinski definition) is 4. The molecule has 1 aromatic carbocycles. The van der Waals surface area contributed by atoms with Crippen LogP contribution in [0.1, 0.15) is 5.56 Å². The Kier molecular flexibility index (Phi) is 4.49. The summed E-state index contributed by atoms with van der Waals surface area (Å²) >= 11 is 5.21. The van der Waals surface area contributed by atoms with Crippen LogP contribution in [-0.2, 0) is 4.74 Å². The van der Waals surface area contributed by atoms with E-state index >= 15 is 0 Å². The van der Waals surface area contributed by atoms with Gasteiger partial charge in [0.2, 0.25) is 0 Å². The van der Waals surface area contributed by atoms with E-state index in [-0.39, 0.29) is 5.75 Å². The Morgan fingerprint density at radius 3 is 2.83 bits per heavy atom. The van der Waals surface area contributed by atoms with Crippen LogP contribution in [-0.4, -0.2) is 47.6 Å². The van der Waals surface area contributed by atoms with Gasteiger partial charge in [0.15, 0.2) is 5.11 Å². The average molecular weight is 265 g/mol. The van der Waals surface area contributed by atoms with Crippen LogP contribution in [0.3, 0.4) is 0 Å². The number of thiocarbonyl (C=S) groups is 1. The first-order chi connectivity index (χ1) is 8.77. The molecule has 0 aliphatic carbocycles. The summed E-state index contributed by atoms with van der Waals surface area (Å²) in [7, 11) is 0. The Morgan fingerprint density at radius 1 is 1.39 bits per heavy atom. The number of para-hydroxylation sites is 1. The van der Waals surface area contributed by atoms with Gasteiger partial charge in [-0.3, -0.25) is 5.43 Å². The summed E-state index contributed by atoms with van der Waals surface area (Å²) < 4.78 is 5.24. The molecule has 0 aromatic heterocycles. The number of phenols is 1. The van der Waals surface area contributed by atoms with Crippen LogP contribution in [0.15, 0.2) is 29.4 Å². The van der Waals surface area contributed by atoms with Crippen molar-refractivity contribution < 1.29 is 9.84 Å². The molecule has 1 aliphatic heterocycles. The lowest BCUT2D eigenvalue weighted by atomic mass is 10.2. The number of hydrazone groups is 1. The van der Waals surface area contributed by atoms with E-state index in [9.17, 15) is 5.11 Å². The number of phenolic OH excluding ortho intramolecular Hbond substituents is 1. The highest BCUT2D eigenvalue weighted by atomic mass is 32.1. The number of hydrogen-bond donors (Lipinski definition) is 2.